The maximum Gasteiger partial charge on any atom is 0.136 e. The molecule has 246 valence electrons. The minimum absolute atomic E-state index is 0.873. The summed E-state index contributed by atoms with van der Waals surface area (Å²) in [6.45, 7) is 0. The Bertz CT molecular complexity index is 3100. The Morgan fingerprint density at radius 3 is 1.23 bits per heavy atom. The Morgan fingerprint density at radius 1 is 0.321 bits per heavy atom. The van der Waals surface area contributed by atoms with E-state index in [2.05, 4.69) is 156 Å². The number of fused-ring (bicyclic) bond motifs is 7. The van der Waals surface area contributed by atoms with Gasteiger partial charge in [-0.15, -0.1) is 0 Å². The van der Waals surface area contributed by atoms with E-state index in [-0.39, 0.29) is 0 Å². The molecular weight excluding hydrogens is 645 g/mol. The second-order valence-corrected chi connectivity index (χ2v) is 13.7. The molecule has 0 aliphatic heterocycles. The van der Waals surface area contributed by atoms with Crippen LogP contribution in [0.25, 0.3) is 110 Å². The fraction of sp³-hybridized carbons (Fsp3) is 0. The normalized spacial score (nSPS) is 11.8. The molecule has 3 nitrogen and oxygen atoms in total. The Balaban J connectivity index is 1.23. The summed E-state index contributed by atoms with van der Waals surface area (Å²) in [5.41, 5.74) is 11.1. The van der Waals surface area contributed by atoms with Gasteiger partial charge in [0.1, 0.15) is 11.2 Å². The predicted molar refractivity (Wildman–Crippen MR) is 221 cm³/mol. The fourth-order valence-electron chi connectivity index (χ4n) is 8.69. The van der Waals surface area contributed by atoms with Crippen molar-refractivity contribution in [1.82, 2.24) is 9.97 Å². The molecule has 0 aliphatic rings. The molecule has 0 fully saturated rings. The lowest BCUT2D eigenvalue weighted by Crippen LogP contribution is -1.92. The molecule has 11 rings (SSSR count). The van der Waals surface area contributed by atoms with E-state index in [0.717, 1.165) is 44.2 Å². The molecule has 3 heterocycles. The van der Waals surface area contributed by atoms with Crippen molar-refractivity contribution < 1.29 is 4.42 Å². The van der Waals surface area contributed by atoms with E-state index in [4.69, 9.17) is 4.42 Å². The van der Waals surface area contributed by atoms with E-state index in [0.29, 0.717) is 0 Å². The largest absolute Gasteiger partial charge is 0.456 e. The molecule has 0 saturated carbocycles. The lowest BCUT2D eigenvalue weighted by molar-refractivity contribution is 0.669. The summed E-state index contributed by atoms with van der Waals surface area (Å²) in [4.78, 5) is 8.99. The van der Waals surface area contributed by atoms with Gasteiger partial charge in [-0.2, -0.15) is 0 Å². The first kappa shape index (κ1) is 29.6. The molecule has 3 heteroatoms. The van der Waals surface area contributed by atoms with E-state index in [9.17, 15) is 0 Å². The van der Waals surface area contributed by atoms with E-state index < -0.39 is 0 Å². The van der Waals surface area contributed by atoms with Gasteiger partial charge in [0, 0.05) is 46.7 Å². The van der Waals surface area contributed by atoms with Crippen LogP contribution >= 0.6 is 0 Å². The first-order valence-corrected chi connectivity index (χ1v) is 18.0. The molecule has 3 aromatic heterocycles. The third-order valence-electron chi connectivity index (χ3n) is 10.8. The zero-order valence-corrected chi connectivity index (χ0v) is 28.6. The van der Waals surface area contributed by atoms with Crippen molar-refractivity contribution >= 4 is 65.0 Å². The Kier molecular flexibility index (Phi) is 6.55. The number of furan rings is 1. The maximum absolute atomic E-state index is 6.66. The highest BCUT2D eigenvalue weighted by molar-refractivity contribution is 6.27. The van der Waals surface area contributed by atoms with Crippen molar-refractivity contribution in [3.8, 4) is 44.5 Å². The smallest absolute Gasteiger partial charge is 0.136 e. The summed E-state index contributed by atoms with van der Waals surface area (Å²) in [6.07, 6.45) is 7.61. The van der Waals surface area contributed by atoms with Crippen LogP contribution in [0.15, 0.2) is 187 Å². The van der Waals surface area contributed by atoms with Gasteiger partial charge < -0.3 is 4.42 Å². The summed E-state index contributed by atoms with van der Waals surface area (Å²) in [7, 11) is 0. The standard InChI is InChI=1S/C50H30N2O/c1-3-16-36-34(14-1)46(35-15-2-4-17-37(35)47(36)32-12-10-26-51-29-32)31-24-25-44-43(28-31)50-42(22-9-23-45(50)53-44)49-40-20-7-5-18-38(40)48(33-13-11-27-52-30-33)39-19-6-8-21-41(39)49/h1-30H. The van der Waals surface area contributed by atoms with E-state index >= 15 is 0 Å². The summed E-state index contributed by atoms with van der Waals surface area (Å²) < 4.78 is 6.66. The van der Waals surface area contributed by atoms with Crippen molar-refractivity contribution in [1.29, 1.82) is 0 Å². The van der Waals surface area contributed by atoms with Gasteiger partial charge in [-0.1, -0.05) is 127 Å². The molecule has 0 saturated heterocycles. The number of hydrogen-bond acceptors (Lipinski definition) is 3. The average Bonchev–Trinajstić information content (AvgIpc) is 3.61. The van der Waals surface area contributed by atoms with Crippen molar-refractivity contribution in [2.24, 2.45) is 0 Å². The van der Waals surface area contributed by atoms with Gasteiger partial charge in [-0.05, 0) is 107 Å². The summed E-state index contributed by atoms with van der Waals surface area (Å²) in [5.74, 6) is 0. The number of nitrogens with zero attached hydrogens (tertiary/aromatic N) is 2. The molecule has 8 aromatic carbocycles. The van der Waals surface area contributed by atoms with E-state index in [1.165, 1.54) is 65.3 Å². The van der Waals surface area contributed by atoms with Crippen LogP contribution in [-0.2, 0) is 0 Å². The van der Waals surface area contributed by atoms with Gasteiger partial charge in [-0.25, -0.2) is 0 Å². The predicted octanol–water partition coefficient (Wildman–Crippen LogP) is 13.7. The quantitative estimate of drug-likeness (QED) is 0.174. The summed E-state index contributed by atoms with van der Waals surface area (Å²) in [6, 6.07) is 56.6. The van der Waals surface area contributed by atoms with Crippen LogP contribution < -0.4 is 0 Å². The summed E-state index contributed by atoms with van der Waals surface area (Å²) in [5, 5.41) is 11.9. The van der Waals surface area contributed by atoms with Crippen LogP contribution in [0, 0.1) is 0 Å². The molecule has 0 atom stereocenters. The monoisotopic (exact) mass is 674 g/mol. The van der Waals surface area contributed by atoms with Crippen LogP contribution in [0.2, 0.25) is 0 Å². The molecule has 0 radical (unpaired) electrons. The molecule has 11 aromatic rings. The number of hydrogen-bond donors (Lipinski definition) is 0. The van der Waals surface area contributed by atoms with Gasteiger partial charge in [0.05, 0.1) is 0 Å². The maximum atomic E-state index is 6.66. The average molecular weight is 675 g/mol. The van der Waals surface area contributed by atoms with Gasteiger partial charge in [-0.3, -0.25) is 9.97 Å². The zero-order valence-electron chi connectivity index (χ0n) is 28.6. The van der Waals surface area contributed by atoms with Crippen LogP contribution in [0.3, 0.4) is 0 Å². The van der Waals surface area contributed by atoms with Crippen LogP contribution in [0.5, 0.6) is 0 Å². The second kappa shape index (κ2) is 11.7. The van der Waals surface area contributed by atoms with Crippen LogP contribution in [0.1, 0.15) is 0 Å². The Hall–Kier alpha value is -7.10. The molecular formula is C50H30N2O. The molecule has 0 unspecified atom stereocenters. The number of benzene rings is 8. The molecule has 0 aliphatic carbocycles. The Morgan fingerprint density at radius 2 is 0.774 bits per heavy atom. The van der Waals surface area contributed by atoms with Gasteiger partial charge in [0.25, 0.3) is 0 Å². The second-order valence-electron chi connectivity index (χ2n) is 13.7. The molecule has 0 amide bonds. The minimum atomic E-state index is 0.873. The molecule has 0 spiro atoms. The molecule has 53 heavy (non-hydrogen) atoms. The highest BCUT2D eigenvalue weighted by atomic mass is 16.3. The highest BCUT2D eigenvalue weighted by Crippen LogP contribution is 2.48. The van der Waals surface area contributed by atoms with Gasteiger partial charge in [0.15, 0.2) is 0 Å². The van der Waals surface area contributed by atoms with E-state index in [1.54, 1.807) is 0 Å². The third-order valence-corrected chi connectivity index (χ3v) is 10.8. The SMILES string of the molecule is c1cncc(-c2c3ccccc3c(-c3ccc4oc5cccc(-c6c7ccccc7c(-c7cccnc7)c7ccccc67)c5c4c3)c3ccccc23)c1. The Labute approximate surface area is 305 Å². The third kappa shape index (κ3) is 4.47. The minimum Gasteiger partial charge on any atom is -0.456 e. The van der Waals surface area contributed by atoms with E-state index in [1.807, 2.05) is 36.9 Å². The fourth-order valence-corrected chi connectivity index (χ4v) is 8.69. The van der Waals surface area contributed by atoms with Gasteiger partial charge in [0.2, 0.25) is 0 Å². The number of aromatic nitrogens is 2. The summed E-state index contributed by atoms with van der Waals surface area (Å²) >= 11 is 0. The van der Waals surface area contributed by atoms with Crippen molar-refractivity contribution in [2.45, 2.75) is 0 Å². The molecule has 0 N–H and O–H groups in total. The van der Waals surface area contributed by atoms with Crippen LogP contribution in [0.4, 0.5) is 0 Å². The van der Waals surface area contributed by atoms with Crippen molar-refractivity contribution in [2.75, 3.05) is 0 Å². The topological polar surface area (TPSA) is 38.9 Å². The van der Waals surface area contributed by atoms with Crippen molar-refractivity contribution in [3.05, 3.63) is 183 Å². The lowest BCUT2D eigenvalue weighted by Gasteiger charge is -2.18. The highest BCUT2D eigenvalue weighted by Gasteiger charge is 2.22. The lowest BCUT2D eigenvalue weighted by atomic mass is 9.84. The van der Waals surface area contributed by atoms with Crippen LogP contribution in [-0.4, -0.2) is 9.97 Å². The molecule has 0 bridgehead atoms. The van der Waals surface area contributed by atoms with Crippen molar-refractivity contribution in [3.63, 3.8) is 0 Å². The number of pyridine rings is 2. The first-order valence-electron chi connectivity index (χ1n) is 18.0. The zero-order chi connectivity index (χ0) is 34.9. The number of rotatable bonds is 4. The first-order chi connectivity index (χ1) is 26.3. The van der Waals surface area contributed by atoms with Gasteiger partial charge >= 0.3 is 0 Å².